The van der Waals surface area contributed by atoms with Crippen molar-refractivity contribution in [2.24, 2.45) is 0 Å². The summed E-state index contributed by atoms with van der Waals surface area (Å²) in [6, 6.07) is 15.7. The summed E-state index contributed by atoms with van der Waals surface area (Å²) in [6.45, 7) is 4.32. The first-order valence-electron chi connectivity index (χ1n) is 9.05. The summed E-state index contributed by atoms with van der Waals surface area (Å²) in [6.07, 6.45) is 4.87. The van der Waals surface area contributed by atoms with Crippen molar-refractivity contribution in [1.29, 1.82) is 0 Å². The molecule has 0 aliphatic heterocycles. The summed E-state index contributed by atoms with van der Waals surface area (Å²) in [4.78, 5) is 0. The number of hydrogen-bond donors (Lipinski definition) is 1. The highest BCUT2D eigenvalue weighted by molar-refractivity contribution is 5.48. The lowest BCUT2D eigenvalue weighted by Crippen LogP contribution is -2.11. The molecule has 0 amide bonds. The van der Waals surface area contributed by atoms with Gasteiger partial charge in [0, 0.05) is 18.3 Å². The molecule has 0 radical (unpaired) electrons. The predicted molar refractivity (Wildman–Crippen MR) is 103 cm³/mol. The Kier molecular flexibility index (Phi) is 8.53. The molecule has 0 aliphatic carbocycles. The van der Waals surface area contributed by atoms with Crippen molar-refractivity contribution in [3.8, 4) is 17.2 Å². The van der Waals surface area contributed by atoms with Crippen LogP contribution in [0.1, 0.15) is 32.6 Å². The number of methoxy groups -OCH3 is 1. The number of rotatable bonds is 12. The van der Waals surface area contributed by atoms with Crippen molar-refractivity contribution in [1.82, 2.24) is 0 Å². The molecule has 1 N–H and O–H groups in total. The summed E-state index contributed by atoms with van der Waals surface area (Å²) in [5.41, 5.74) is 1.05. The van der Waals surface area contributed by atoms with Crippen LogP contribution in [0.5, 0.6) is 17.2 Å². The van der Waals surface area contributed by atoms with E-state index in [9.17, 15) is 0 Å². The van der Waals surface area contributed by atoms with Gasteiger partial charge in [-0.3, -0.25) is 0 Å². The van der Waals surface area contributed by atoms with Gasteiger partial charge in [0.2, 0.25) is 0 Å². The van der Waals surface area contributed by atoms with E-state index in [0.29, 0.717) is 6.61 Å². The van der Waals surface area contributed by atoms with E-state index in [0.717, 1.165) is 42.5 Å². The number of nitrogens with one attached hydrogen (secondary N) is 1. The normalized spacial score (nSPS) is 10.3. The first kappa shape index (κ1) is 19.0. The van der Waals surface area contributed by atoms with E-state index in [-0.39, 0.29) is 0 Å². The van der Waals surface area contributed by atoms with Crippen LogP contribution in [0.4, 0.5) is 5.69 Å². The van der Waals surface area contributed by atoms with E-state index in [1.807, 2.05) is 48.5 Å². The van der Waals surface area contributed by atoms with Gasteiger partial charge in [-0.25, -0.2) is 0 Å². The summed E-state index contributed by atoms with van der Waals surface area (Å²) >= 11 is 0. The Morgan fingerprint density at radius 3 is 2.32 bits per heavy atom. The fourth-order valence-electron chi connectivity index (χ4n) is 2.45. The van der Waals surface area contributed by atoms with Gasteiger partial charge < -0.3 is 19.5 Å². The van der Waals surface area contributed by atoms with Gasteiger partial charge in [0.1, 0.15) is 23.9 Å². The lowest BCUT2D eigenvalue weighted by atomic mass is 10.2. The molecule has 4 nitrogen and oxygen atoms in total. The van der Waals surface area contributed by atoms with Crippen LogP contribution in [0.2, 0.25) is 0 Å². The lowest BCUT2D eigenvalue weighted by molar-refractivity contribution is 0.305. The highest BCUT2D eigenvalue weighted by Crippen LogP contribution is 2.19. The Hall–Kier alpha value is -2.36. The van der Waals surface area contributed by atoms with Crippen LogP contribution in [0, 0.1) is 0 Å². The molecule has 0 aromatic heterocycles. The smallest absolute Gasteiger partial charge is 0.121 e. The van der Waals surface area contributed by atoms with E-state index >= 15 is 0 Å². The Bertz CT molecular complexity index is 598. The molecule has 136 valence electrons. The maximum atomic E-state index is 5.81. The molecule has 0 fully saturated rings. The third kappa shape index (κ3) is 7.38. The van der Waals surface area contributed by atoms with Crippen LogP contribution in [-0.2, 0) is 0 Å². The minimum Gasteiger partial charge on any atom is -0.497 e. The summed E-state index contributed by atoms with van der Waals surface area (Å²) in [5, 5.41) is 3.36. The molecule has 4 heteroatoms. The third-order valence-electron chi connectivity index (χ3n) is 3.86. The fraction of sp³-hybridized carbons (Fsp3) is 0.429. The zero-order valence-electron chi connectivity index (χ0n) is 15.3. The first-order valence-corrected chi connectivity index (χ1v) is 9.05. The molecule has 0 heterocycles. The zero-order chi connectivity index (χ0) is 17.7. The molecule has 0 unspecified atom stereocenters. The average Bonchev–Trinajstić information content (AvgIpc) is 2.66. The van der Waals surface area contributed by atoms with Crippen molar-refractivity contribution < 1.29 is 14.2 Å². The van der Waals surface area contributed by atoms with Gasteiger partial charge in [-0.1, -0.05) is 32.3 Å². The minimum atomic E-state index is 0.592. The van der Waals surface area contributed by atoms with Crippen molar-refractivity contribution in [3.63, 3.8) is 0 Å². The van der Waals surface area contributed by atoms with Crippen molar-refractivity contribution in [3.05, 3.63) is 48.5 Å². The molecule has 0 spiro atoms. The Balaban J connectivity index is 1.67. The SMILES string of the molecule is CCCCCCOc1cccc(NCCOc2ccc(OC)cc2)c1. The second-order valence-electron chi connectivity index (χ2n) is 5.89. The quantitative estimate of drug-likeness (QED) is 0.541. The second kappa shape index (κ2) is 11.2. The summed E-state index contributed by atoms with van der Waals surface area (Å²) in [7, 11) is 1.66. The maximum absolute atomic E-state index is 5.81. The molecule has 2 aromatic carbocycles. The monoisotopic (exact) mass is 343 g/mol. The maximum Gasteiger partial charge on any atom is 0.121 e. The van der Waals surface area contributed by atoms with E-state index in [4.69, 9.17) is 14.2 Å². The Labute approximate surface area is 151 Å². The molecule has 0 bridgehead atoms. The van der Waals surface area contributed by atoms with E-state index < -0.39 is 0 Å². The van der Waals surface area contributed by atoms with Gasteiger partial charge in [-0.05, 0) is 42.8 Å². The van der Waals surface area contributed by atoms with Crippen LogP contribution < -0.4 is 19.5 Å². The lowest BCUT2D eigenvalue weighted by Gasteiger charge is -2.11. The molecule has 0 aliphatic rings. The van der Waals surface area contributed by atoms with Crippen LogP contribution in [0.15, 0.2) is 48.5 Å². The molecule has 2 rings (SSSR count). The standard InChI is InChI=1S/C21H29NO3/c1-3-4-5-6-15-24-21-9-7-8-18(17-21)22-14-16-25-20-12-10-19(23-2)11-13-20/h7-13,17,22H,3-6,14-16H2,1-2H3. The van der Waals surface area contributed by atoms with Crippen LogP contribution in [0.3, 0.4) is 0 Å². The van der Waals surface area contributed by atoms with Crippen LogP contribution >= 0.6 is 0 Å². The molecule has 2 aromatic rings. The number of ether oxygens (including phenoxy) is 3. The molecular weight excluding hydrogens is 314 g/mol. The van der Waals surface area contributed by atoms with Gasteiger partial charge in [-0.2, -0.15) is 0 Å². The fourth-order valence-corrected chi connectivity index (χ4v) is 2.45. The second-order valence-corrected chi connectivity index (χ2v) is 5.89. The summed E-state index contributed by atoms with van der Waals surface area (Å²) < 4.78 is 16.6. The highest BCUT2D eigenvalue weighted by atomic mass is 16.5. The number of anilines is 1. The largest absolute Gasteiger partial charge is 0.497 e. The van der Waals surface area contributed by atoms with E-state index in [1.54, 1.807) is 7.11 Å². The Morgan fingerprint density at radius 1 is 0.800 bits per heavy atom. The predicted octanol–water partition coefficient (Wildman–Crippen LogP) is 5.15. The highest BCUT2D eigenvalue weighted by Gasteiger charge is 1.98. The topological polar surface area (TPSA) is 39.7 Å². The Morgan fingerprint density at radius 2 is 1.56 bits per heavy atom. The first-order chi connectivity index (χ1) is 12.3. The van der Waals surface area contributed by atoms with E-state index in [2.05, 4.69) is 12.2 Å². The average molecular weight is 343 g/mol. The van der Waals surface area contributed by atoms with Gasteiger partial charge >= 0.3 is 0 Å². The minimum absolute atomic E-state index is 0.592. The van der Waals surface area contributed by atoms with Crippen molar-refractivity contribution >= 4 is 5.69 Å². The zero-order valence-corrected chi connectivity index (χ0v) is 15.3. The van der Waals surface area contributed by atoms with Crippen molar-refractivity contribution in [2.45, 2.75) is 32.6 Å². The van der Waals surface area contributed by atoms with Gasteiger partial charge in [0.05, 0.1) is 13.7 Å². The van der Waals surface area contributed by atoms with Gasteiger partial charge in [0.25, 0.3) is 0 Å². The van der Waals surface area contributed by atoms with Crippen LogP contribution in [0.25, 0.3) is 0 Å². The number of benzene rings is 2. The molecule has 25 heavy (non-hydrogen) atoms. The van der Waals surface area contributed by atoms with Crippen LogP contribution in [-0.4, -0.2) is 26.9 Å². The molecule has 0 atom stereocenters. The van der Waals surface area contributed by atoms with Gasteiger partial charge in [0.15, 0.2) is 0 Å². The molecule has 0 saturated heterocycles. The van der Waals surface area contributed by atoms with Crippen molar-refractivity contribution in [2.75, 3.05) is 32.2 Å². The summed E-state index contributed by atoms with van der Waals surface area (Å²) in [5.74, 6) is 2.58. The van der Waals surface area contributed by atoms with E-state index in [1.165, 1.54) is 19.3 Å². The third-order valence-corrected chi connectivity index (χ3v) is 3.86. The number of unbranched alkanes of at least 4 members (excludes halogenated alkanes) is 3. The van der Waals surface area contributed by atoms with Gasteiger partial charge in [-0.15, -0.1) is 0 Å². The number of hydrogen-bond acceptors (Lipinski definition) is 4. The molecular formula is C21H29NO3. The molecule has 0 saturated carbocycles.